The van der Waals surface area contributed by atoms with Gasteiger partial charge < -0.3 is 0 Å². The Labute approximate surface area is 107 Å². The number of alkyl halides is 6. The number of hydrogen-bond donors (Lipinski definition) is 0. The molecule has 0 radical (unpaired) electrons. The Morgan fingerprint density at radius 2 is 1.05 bits per heavy atom. The molecule has 0 aromatic heterocycles. The van der Waals surface area contributed by atoms with Crippen molar-refractivity contribution < 1.29 is 26.3 Å². The van der Waals surface area contributed by atoms with E-state index in [0.717, 1.165) is 12.1 Å². The smallest absolute Gasteiger partial charge is 0.170 e. The van der Waals surface area contributed by atoms with E-state index in [4.69, 9.17) is 0 Å². The van der Waals surface area contributed by atoms with Gasteiger partial charge >= 0.3 is 12.4 Å². The lowest BCUT2D eigenvalue weighted by Gasteiger charge is -2.35. The highest BCUT2D eigenvalue weighted by Gasteiger charge is 2.68. The van der Waals surface area contributed by atoms with Gasteiger partial charge in [0.15, 0.2) is 5.41 Å². The van der Waals surface area contributed by atoms with Crippen LogP contribution in [0, 0.1) is 20.8 Å². The van der Waals surface area contributed by atoms with Crippen molar-refractivity contribution in [3.8, 4) is 0 Å². The maximum atomic E-state index is 12.9. The van der Waals surface area contributed by atoms with E-state index in [-0.39, 0.29) is 6.92 Å². The fourth-order valence-electron chi connectivity index (χ4n) is 1.81. The van der Waals surface area contributed by atoms with Crippen molar-refractivity contribution in [3.05, 3.63) is 34.4 Å². The fourth-order valence-corrected chi connectivity index (χ4v) is 1.81. The molecule has 0 fully saturated rings. The van der Waals surface area contributed by atoms with Crippen molar-refractivity contribution in [1.82, 2.24) is 0 Å². The van der Waals surface area contributed by atoms with Crippen molar-refractivity contribution >= 4 is 0 Å². The molecule has 0 atom stereocenters. The molecule has 0 bridgehead atoms. The minimum atomic E-state index is -5.40. The Kier molecular flexibility index (Phi) is 3.69. The predicted octanol–water partition coefficient (Wildman–Crippen LogP) is 4.99. The molecule has 19 heavy (non-hydrogen) atoms. The van der Waals surface area contributed by atoms with E-state index in [2.05, 4.69) is 0 Å². The largest absolute Gasteiger partial charge is 0.406 e. The molecule has 0 nitrogen and oxygen atoms in total. The van der Waals surface area contributed by atoms with E-state index in [9.17, 15) is 26.3 Å². The maximum absolute atomic E-state index is 12.9. The van der Waals surface area contributed by atoms with E-state index >= 15 is 0 Å². The summed E-state index contributed by atoms with van der Waals surface area (Å²) < 4.78 is 77.6. The third-order valence-corrected chi connectivity index (χ3v) is 3.64. The minimum Gasteiger partial charge on any atom is -0.170 e. The molecule has 0 N–H and O–H groups in total. The van der Waals surface area contributed by atoms with Crippen molar-refractivity contribution in [2.45, 2.75) is 45.5 Å². The summed E-state index contributed by atoms with van der Waals surface area (Å²) in [6.07, 6.45) is -10.8. The van der Waals surface area contributed by atoms with Crippen LogP contribution in [0.3, 0.4) is 0 Å². The zero-order valence-corrected chi connectivity index (χ0v) is 10.9. The van der Waals surface area contributed by atoms with Crippen LogP contribution in [0.2, 0.25) is 0 Å². The van der Waals surface area contributed by atoms with Crippen molar-refractivity contribution in [2.24, 2.45) is 0 Å². The molecule has 1 aromatic rings. The van der Waals surface area contributed by atoms with Gasteiger partial charge in [-0.1, -0.05) is 12.1 Å². The van der Waals surface area contributed by atoms with Crippen LogP contribution >= 0.6 is 0 Å². The molecule has 1 aromatic carbocycles. The molecule has 0 saturated heterocycles. The highest BCUT2D eigenvalue weighted by molar-refractivity contribution is 5.41. The normalized spacial score (nSPS) is 13.8. The molecule has 0 amide bonds. The van der Waals surface area contributed by atoms with Gasteiger partial charge in [0.2, 0.25) is 0 Å². The monoisotopic (exact) mass is 284 g/mol. The summed E-state index contributed by atoms with van der Waals surface area (Å²) in [5.41, 5.74) is -3.11. The molecule has 6 heteroatoms. The quantitative estimate of drug-likeness (QED) is 0.637. The number of halogens is 6. The number of benzene rings is 1. The Balaban J connectivity index is 3.62. The van der Waals surface area contributed by atoms with Gasteiger partial charge in [0.25, 0.3) is 0 Å². The van der Waals surface area contributed by atoms with Crippen LogP contribution in [0.5, 0.6) is 0 Å². The standard InChI is InChI=1S/C13H14F6/c1-7-5-10(6-8(2)9(7)3)11(4,12(14,15)16)13(17,18)19/h5-6H,1-4H3. The van der Waals surface area contributed by atoms with Gasteiger partial charge in [-0.05, 0) is 49.9 Å². The van der Waals surface area contributed by atoms with Gasteiger partial charge in [-0.25, -0.2) is 0 Å². The number of hydrogen-bond acceptors (Lipinski definition) is 0. The van der Waals surface area contributed by atoms with Gasteiger partial charge in [-0.3, -0.25) is 0 Å². The SMILES string of the molecule is Cc1cc(C(C)(C(F)(F)F)C(F)(F)F)cc(C)c1C. The Bertz CT molecular complexity index is 444. The van der Waals surface area contributed by atoms with Crippen LogP contribution in [0.15, 0.2) is 12.1 Å². The lowest BCUT2D eigenvalue weighted by molar-refractivity contribution is -0.297. The third kappa shape index (κ3) is 2.44. The van der Waals surface area contributed by atoms with Crippen molar-refractivity contribution in [3.63, 3.8) is 0 Å². The lowest BCUT2D eigenvalue weighted by Crippen LogP contribution is -2.51. The average molecular weight is 284 g/mol. The van der Waals surface area contributed by atoms with Gasteiger partial charge in [-0.2, -0.15) is 26.3 Å². The van der Waals surface area contributed by atoms with E-state index in [0.29, 0.717) is 16.7 Å². The molecule has 0 saturated carbocycles. The van der Waals surface area contributed by atoms with Gasteiger partial charge in [0, 0.05) is 0 Å². The van der Waals surface area contributed by atoms with Gasteiger partial charge in [0.1, 0.15) is 0 Å². The molecule has 0 aliphatic rings. The molecule has 1 rings (SSSR count). The molecule has 0 aliphatic carbocycles. The summed E-state index contributed by atoms with van der Waals surface area (Å²) in [4.78, 5) is 0. The van der Waals surface area contributed by atoms with Crippen LogP contribution < -0.4 is 0 Å². The maximum Gasteiger partial charge on any atom is 0.406 e. The van der Waals surface area contributed by atoms with Crippen LogP contribution in [0.25, 0.3) is 0 Å². The minimum absolute atomic E-state index is 0.177. The Morgan fingerprint density at radius 1 is 0.737 bits per heavy atom. The summed E-state index contributed by atoms with van der Waals surface area (Å²) in [6.45, 7) is 4.83. The summed E-state index contributed by atoms with van der Waals surface area (Å²) in [7, 11) is 0. The van der Waals surface area contributed by atoms with Crippen LogP contribution in [0.4, 0.5) is 26.3 Å². The first kappa shape index (κ1) is 15.9. The summed E-state index contributed by atoms with van der Waals surface area (Å²) in [5.74, 6) is 0. The highest BCUT2D eigenvalue weighted by atomic mass is 19.4. The number of aryl methyl sites for hydroxylation is 2. The summed E-state index contributed by atoms with van der Waals surface area (Å²) in [5, 5.41) is 0. The Morgan fingerprint density at radius 3 is 1.32 bits per heavy atom. The Hall–Kier alpha value is -1.20. The second kappa shape index (κ2) is 4.42. The molecule has 0 aliphatic heterocycles. The fraction of sp³-hybridized carbons (Fsp3) is 0.538. The van der Waals surface area contributed by atoms with E-state index in [1.165, 1.54) is 13.8 Å². The zero-order valence-electron chi connectivity index (χ0n) is 10.9. The molecule has 0 spiro atoms. The van der Waals surface area contributed by atoms with E-state index in [1.807, 2.05) is 0 Å². The second-order valence-corrected chi connectivity index (χ2v) is 4.86. The predicted molar refractivity (Wildman–Crippen MR) is 60.1 cm³/mol. The molecular weight excluding hydrogens is 270 g/mol. The number of rotatable bonds is 1. The molecule has 108 valence electrons. The zero-order chi connectivity index (χ0) is 15.2. The third-order valence-electron chi connectivity index (χ3n) is 3.64. The van der Waals surface area contributed by atoms with Crippen LogP contribution in [-0.4, -0.2) is 12.4 Å². The van der Waals surface area contributed by atoms with Crippen LogP contribution in [-0.2, 0) is 5.41 Å². The van der Waals surface area contributed by atoms with Crippen molar-refractivity contribution in [1.29, 1.82) is 0 Å². The first-order chi connectivity index (χ1) is 8.32. The highest BCUT2D eigenvalue weighted by Crippen LogP contribution is 2.52. The second-order valence-electron chi connectivity index (χ2n) is 4.86. The van der Waals surface area contributed by atoms with E-state index < -0.39 is 23.3 Å². The molecule has 0 heterocycles. The van der Waals surface area contributed by atoms with Crippen molar-refractivity contribution in [2.75, 3.05) is 0 Å². The first-order valence-electron chi connectivity index (χ1n) is 5.54. The lowest BCUT2D eigenvalue weighted by atomic mass is 9.79. The van der Waals surface area contributed by atoms with E-state index in [1.54, 1.807) is 6.92 Å². The van der Waals surface area contributed by atoms with Gasteiger partial charge in [0.05, 0.1) is 0 Å². The van der Waals surface area contributed by atoms with Gasteiger partial charge in [-0.15, -0.1) is 0 Å². The molecular formula is C13H14F6. The average Bonchev–Trinajstić information content (AvgIpc) is 2.20. The summed E-state index contributed by atoms with van der Waals surface area (Å²) in [6, 6.07) is 1.92. The summed E-state index contributed by atoms with van der Waals surface area (Å²) >= 11 is 0. The topological polar surface area (TPSA) is 0 Å². The van der Waals surface area contributed by atoms with Crippen LogP contribution in [0.1, 0.15) is 29.2 Å². The molecule has 0 unspecified atom stereocenters. The first-order valence-corrected chi connectivity index (χ1v) is 5.54.